The van der Waals surface area contributed by atoms with E-state index in [9.17, 15) is 14.9 Å². The van der Waals surface area contributed by atoms with Gasteiger partial charge in [-0.15, -0.1) is 0 Å². The molecule has 5 rings (SSSR count). The summed E-state index contributed by atoms with van der Waals surface area (Å²) in [4.78, 5) is 25.8. The number of methoxy groups -OCH3 is 1. The molecule has 32 heavy (non-hydrogen) atoms. The van der Waals surface area contributed by atoms with Crippen molar-refractivity contribution in [1.82, 2.24) is 10.2 Å². The highest BCUT2D eigenvalue weighted by molar-refractivity contribution is 6.11. The van der Waals surface area contributed by atoms with E-state index in [0.29, 0.717) is 11.4 Å². The Labute approximate surface area is 183 Å². The Kier molecular flexibility index (Phi) is 4.67. The second-order valence-corrected chi connectivity index (χ2v) is 7.35. The smallest absolute Gasteiger partial charge is 0.277 e. The Morgan fingerprint density at radius 1 is 1.00 bits per heavy atom. The van der Waals surface area contributed by atoms with Crippen LogP contribution in [0.15, 0.2) is 78.9 Å². The largest absolute Gasteiger partial charge is 0.497 e. The van der Waals surface area contributed by atoms with E-state index in [1.165, 1.54) is 12.1 Å². The van der Waals surface area contributed by atoms with Crippen molar-refractivity contribution >= 4 is 17.3 Å². The summed E-state index contributed by atoms with van der Waals surface area (Å²) in [7, 11) is 1.60. The van der Waals surface area contributed by atoms with Gasteiger partial charge in [0.1, 0.15) is 11.4 Å². The Balaban J connectivity index is 1.68. The third kappa shape index (κ3) is 3.09. The number of ether oxygens (including phenoxy) is 1. The summed E-state index contributed by atoms with van der Waals surface area (Å²) in [6, 6.07) is 22.6. The van der Waals surface area contributed by atoms with Gasteiger partial charge in [0.05, 0.1) is 23.8 Å². The minimum atomic E-state index is -0.489. The molecule has 2 heterocycles. The molecule has 1 amide bonds. The third-order valence-electron chi connectivity index (χ3n) is 5.59. The Morgan fingerprint density at radius 3 is 2.31 bits per heavy atom. The molecule has 8 heteroatoms. The van der Waals surface area contributed by atoms with Crippen molar-refractivity contribution in [3.63, 3.8) is 0 Å². The van der Waals surface area contributed by atoms with Crippen LogP contribution in [0.5, 0.6) is 5.75 Å². The molecular formula is C24H18N4O4. The van der Waals surface area contributed by atoms with Gasteiger partial charge in [-0.2, -0.15) is 5.10 Å². The number of anilines is 1. The lowest BCUT2D eigenvalue weighted by Gasteiger charge is -2.26. The molecule has 1 aliphatic rings. The molecule has 1 aliphatic heterocycles. The highest BCUT2D eigenvalue weighted by Crippen LogP contribution is 2.45. The number of hydrogen-bond donors (Lipinski definition) is 1. The van der Waals surface area contributed by atoms with Gasteiger partial charge in [-0.1, -0.05) is 18.2 Å². The first kappa shape index (κ1) is 19.5. The molecule has 0 radical (unpaired) electrons. The number of rotatable bonds is 5. The number of nitro benzene ring substituents is 1. The van der Waals surface area contributed by atoms with E-state index in [4.69, 9.17) is 4.74 Å². The van der Waals surface area contributed by atoms with Crippen LogP contribution in [0.25, 0.3) is 11.3 Å². The van der Waals surface area contributed by atoms with Gasteiger partial charge in [-0.3, -0.25) is 24.9 Å². The maximum Gasteiger partial charge on any atom is 0.277 e. The van der Waals surface area contributed by atoms with E-state index >= 15 is 0 Å². The van der Waals surface area contributed by atoms with Gasteiger partial charge < -0.3 is 4.74 Å². The summed E-state index contributed by atoms with van der Waals surface area (Å²) in [6.45, 7) is 0. The molecule has 0 saturated carbocycles. The maximum atomic E-state index is 13.4. The summed E-state index contributed by atoms with van der Waals surface area (Å²) in [6.07, 6.45) is 0. The fourth-order valence-corrected chi connectivity index (χ4v) is 4.06. The minimum absolute atomic E-state index is 0.00729. The van der Waals surface area contributed by atoms with Gasteiger partial charge in [0.25, 0.3) is 11.6 Å². The minimum Gasteiger partial charge on any atom is -0.497 e. The van der Waals surface area contributed by atoms with Crippen molar-refractivity contribution in [1.29, 1.82) is 0 Å². The van der Waals surface area contributed by atoms with E-state index in [-0.39, 0.29) is 11.6 Å². The van der Waals surface area contributed by atoms with Gasteiger partial charge >= 0.3 is 0 Å². The number of carbonyl (C=O) groups excluding carboxylic acids is 1. The number of aromatic nitrogens is 2. The molecule has 158 valence electrons. The van der Waals surface area contributed by atoms with Crippen LogP contribution in [-0.2, 0) is 0 Å². The van der Waals surface area contributed by atoms with Crippen molar-refractivity contribution < 1.29 is 14.5 Å². The molecule has 0 spiro atoms. The molecule has 0 saturated heterocycles. The molecule has 1 aromatic heterocycles. The monoisotopic (exact) mass is 426 g/mol. The van der Waals surface area contributed by atoms with Crippen molar-refractivity contribution in [3.8, 4) is 17.0 Å². The zero-order chi connectivity index (χ0) is 22.2. The fraction of sp³-hybridized carbons (Fsp3) is 0.0833. The molecule has 0 bridgehead atoms. The number of para-hydroxylation sites is 1. The SMILES string of the molecule is COc1ccc(-c2n[nH]c3c2C(c2ccc([N+](=O)[O-])cc2)N(c2ccccc2)C3=O)cc1. The van der Waals surface area contributed by atoms with E-state index in [1.54, 1.807) is 24.1 Å². The lowest BCUT2D eigenvalue weighted by atomic mass is 9.95. The summed E-state index contributed by atoms with van der Waals surface area (Å²) in [5.41, 5.74) is 4.09. The van der Waals surface area contributed by atoms with Crippen LogP contribution in [0, 0.1) is 10.1 Å². The summed E-state index contributed by atoms with van der Waals surface area (Å²) < 4.78 is 5.25. The van der Waals surface area contributed by atoms with E-state index < -0.39 is 11.0 Å². The first-order valence-electron chi connectivity index (χ1n) is 9.94. The third-order valence-corrected chi connectivity index (χ3v) is 5.59. The lowest BCUT2D eigenvalue weighted by molar-refractivity contribution is -0.384. The predicted octanol–water partition coefficient (Wildman–Crippen LogP) is 4.74. The fourth-order valence-electron chi connectivity index (χ4n) is 4.06. The van der Waals surface area contributed by atoms with Gasteiger partial charge in [-0.05, 0) is 54.1 Å². The number of benzene rings is 3. The van der Waals surface area contributed by atoms with Crippen LogP contribution in [0.1, 0.15) is 27.7 Å². The Hall–Kier alpha value is -4.46. The molecule has 4 aromatic rings. The van der Waals surface area contributed by atoms with Crippen LogP contribution in [0.3, 0.4) is 0 Å². The predicted molar refractivity (Wildman–Crippen MR) is 119 cm³/mol. The average Bonchev–Trinajstić information content (AvgIpc) is 3.38. The summed E-state index contributed by atoms with van der Waals surface area (Å²) in [5, 5.41) is 18.5. The van der Waals surface area contributed by atoms with Crippen LogP contribution < -0.4 is 9.64 Å². The topological polar surface area (TPSA) is 101 Å². The van der Waals surface area contributed by atoms with Gasteiger partial charge in [0, 0.05) is 28.9 Å². The van der Waals surface area contributed by atoms with Crippen LogP contribution in [-0.4, -0.2) is 28.1 Å². The van der Waals surface area contributed by atoms with Crippen molar-refractivity contribution in [2.24, 2.45) is 0 Å². The van der Waals surface area contributed by atoms with Gasteiger partial charge in [-0.25, -0.2) is 0 Å². The quantitative estimate of drug-likeness (QED) is 0.367. The molecule has 0 aliphatic carbocycles. The van der Waals surface area contributed by atoms with E-state index in [0.717, 1.165) is 28.1 Å². The summed E-state index contributed by atoms with van der Waals surface area (Å²) in [5.74, 6) is 0.511. The molecule has 1 atom stereocenters. The molecular weight excluding hydrogens is 408 g/mol. The number of nitro groups is 1. The molecule has 8 nitrogen and oxygen atoms in total. The number of fused-ring (bicyclic) bond motifs is 1. The van der Waals surface area contributed by atoms with Crippen LogP contribution in [0.4, 0.5) is 11.4 Å². The Morgan fingerprint density at radius 2 is 1.69 bits per heavy atom. The number of H-pyrrole nitrogens is 1. The van der Waals surface area contributed by atoms with E-state index in [1.807, 2.05) is 54.6 Å². The number of amides is 1. The molecule has 1 N–H and O–H groups in total. The average molecular weight is 426 g/mol. The highest BCUT2D eigenvalue weighted by Gasteiger charge is 2.43. The normalized spacial score (nSPS) is 15.0. The highest BCUT2D eigenvalue weighted by atomic mass is 16.6. The second kappa shape index (κ2) is 7.66. The first-order chi connectivity index (χ1) is 15.6. The molecule has 1 unspecified atom stereocenters. The Bertz CT molecular complexity index is 1300. The number of aromatic amines is 1. The number of carbonyl (C=O) groups is 1. The van der Waals surface area contributed by atoms with Crippen molar-refractivity contribution in [3.05, 3.63) is 106 Å². The van der Waals surface area contributed by atoms with Crippen molar-refractivity contribution in [2.75, 3.05) is 12.0 Å². The number of nitrogens with one attached hydrogen (secondary N) is 1. The second-order valence-electron chi connectivity index (χ2n) is 7.35. The first-order valence-corrected chi connectivity index (χ1v) is 9.94. The zero-order valence-electron chi connectivity index (χ0n) is 17.1. The van der Waals surface area contributed by atoms with Crippen molar-refractivity contribution in [2.45, 2.75) is 6.04 Å². The van der Waals surface area contributed by atoms with Crippen LogP contribution >= 0.6 is 0 Å². The summed E-state index contributed by atoms with van der Waals surface area (Å²) >= 11 is 0. The maximum absolute atomic E-state index is 13.4. The van der Waals surface area contributed by atoms with Gasteiger partial charge in [0.15, 0.2) is 0 Å². The molecule has 0 fully saturated rings. The zero-order valence-corrected chi connectivity index (χ0v) is 17.1. The number of hydrogen-bond acceptors (Lipinski definition) is 5. The van der Waals surface area contributed by atoms with Gasteiger partial charge in [0.2, 0.25) is 0 Å². The standard InChI is InChI=1S/C24H18N4O4/c1-32-19-13-9-15(10-14-19)21-20-22(26-25-21)24(29)27(17-5-3-2-4-6-17)23(20)16-7-11-18(12-8-16)28(30)31/h2-14,23H,1H3,(H,25,26). The van der Waals surface area contributed by atoms with Crippen LogP contribution in [0.2, 0.25) is 0 Å². The number of nitrogens with zero attached hydrogens (tertiary/aromatic N) is 3. The number of non-ortho nitro benzene ring substituents is 1. The lowest BCUT2D eigenvalue weighted by Crippen LogP contribution is -2.29. The molecule has 3 aromatic carbocycles. The van der Waals surface area contributed by atoms with E-state index in [2.05, 4.69) is 10.2 Å².